The maximum Gasteiger partial charge on any atom is 0.513 e. The van der Waals surface area contributed by atoms with Crippen LogP contribution in [-0.2, 0) is 30.2 Å². The molecule has 1 rings (SSSR count). The van der Waals surface area contributed by atoms with E-state index in [4.69, 9.17) is 18.9 Å². The van der Waals surface area contributed by atoms with E-state index in [1.54, 1.807) is 6.92 Å². The van der Waals surface area contributed by atoms with Gasteiger partial charge in [0.1, 0.15) is 12.1 Å². The Kier molecular flexibility index (Phi) is 12.2. The number of carboxylic acids is 1. The largest absolute Gasteiger partial charge is 0.513 e. The summed E-state index contributed by atoms with van der Waals surface area (Å²) in [6.45, 7) is 5.87. The van der Waals surface area contributed by atoms with Crippen molar-refractivity contribution in [3.8, 4) is 11.5 Å². The van der Waals surface area contributed by atoms with Gasteiger partial charge < -0.3 is 38.8 Å². The zero-order chi connectivity index (χ0) is 25.7. The summed E-state index contributed by atoms with van der Waals surface area (Å²) in [6.07, 6.45) is -2.91. The normalized spacial score (nSPS) is 12.3. The lowest BCUT2D eigenvalue weighted by Crippen LogP contribution is -2.42. The number of carbonyl (C=O) groups is 4. The third-order valence-electron chi connectivity index (χ3n) is 4.33. The first-order chi connectivity index (χ1) is 16.0. The van der Waals surface area contributed by atoms with E-state index in [2.05, 4.69) is 14.8 Å². The number of carbonyl (C=O) groups excluding carboxylic acids is 3. The molecular weight excluding hydrogens is 454 g/mol. The quantitative estimate of drug-likeness (QED) is 0.254. The number of hydrogen-bond donors (Lipinski definition) is 2. The highest BCUT2D eigenvalue weighted by Crippen LogP contribution is 2.30. The average molecular weight is 485 g/mol. The van der Waals surface area contributed by atoms with E-state index >= 15 is 0 Å². The monoisotopic (exact) mass is 485 g/mol. The van der Waals surface area contributed by atoms with Gasteiger partial charge in [0, 0.05) is 6.54 Å². The molecule has 0 aliphatic heterocycles. The minimum absolute atomic E-state index is 0.0308. The van der Waals surface area contributed by atoms with Gasteiger partial charge in [-0.2, -0.15) is 0 Å². The molecule has 1 aromatic carbocycles. The Morgan fingerprint density at radius 1 is 0.941 bits per heavy atom. The number of hydrogen-bond acceptors (Lipinski definition) is 11. The fraction of sp³-hybridized carbons (Fsp3) is 0.545. The Balaban J connectivity index is 2.79. The van der Waals surface area contributed by atoms with E-state index in [1.807, 2.05) is 13.8 Å². The van der Waals surface area contributed by atoms with E-state index < -0.39 is 36.6 Å². The molecule has 0 fully saturated rings. The lowest BCUT2D eigenvalue weighted by molar-refractivity contribution is -0.139. The molecule has 0 aliphatic rings. The van der Waals surface area contributed by atoms with Gasteiger partial charge in [0.05, 0.1) is 20.8 Å². The lowest BCUT2D eigenvalue weighted by atomic mass is 10.0. The highest BCUT2D eigenvalue weighted by atomic mass is 16.7. The Hall–Kier alpha value is -3.54. The van der Waals surface area contributed by atoms with E-state index in [1.165, 1.54) is 18.2 Å². The molecule has 0 amide bonds. The van der Waals surface area contributed by atoms with Crippen LogP contribution in [0.2, 0.25) is 0 Å². The Bertz CT molecular complexity index is 840. The van der Waals surface area contributed by atoms with Crippen LogP contribution in [0.4, 0.5) is 14.4 Å². The summed E-state index contributed by atoms with van der Waals surface area (Å²) in [5, 5.41) is 12.4. The Morgan fingerprint density at radius 2 is 1.56 bits per heavy atom. The molecule has 0 saturated heterocycles. The van der Waals surface area contributed by atoms with Gasteiger partial charge in [-0.15, -0.1) is 0 Å². The molecule has 190 valence electrons. The number of aliphatic carboxylic acids is 1. The van der Waals surface area contributed by atoms with E-state index in [0.29, 0.717) is 17.9 Å². The lowest BCUT2D eigenvalue weighted by Gasteiger charge is -2.19. The van der Waals surface area contributed by atoms with Crippen molar-refractivity contribution < 1.29 is 52.7 Å². The van der Waals surface area contributed by atoms with E-state index in [0.717, 1.165) is 14.2 Å². The van der Waals surface area contributed by atoms with Crippen LogP contribution < -0.4 is 14.8 Å². The molecule has 2 N–H and O–H groups in total. The predicted molar refractivity (Wildman–Crippen MR) is 117 cm³/mol. The van der Waals surface area contributed by atoms with Crippen molar-refractivity contribution in [2.75, 3.05) is 27.4 Å². The second-order valence-electron chi connectivity index (χ2n) is 7.61. The number of nitrogens with one attached hydrogen (secondary N) is 1. The topological polar surface area (TPSA) is 156 Å². The fourth-order valence-corrected chi connectivity index (χ4v) is 2.52. The third-order valence-corrected chi connectivity index (χ3v) is 4.33. The van der Waals surface area contributed by atoms with Crippen LogP contribution >= 0.6 is 0 Å². The Morgan fingerprint density at radius 3 is 2.12 bits per heavy atom. The van der Waals surface area contributed by atoms with E-state index in [9.17, 15) is 24.3 Å². The van der Waals surface area contributed by atoms with Gasteiger partial charge in [-0.25, -0.2) is 14.4 Å². The standard InChI is InChI=1S/C22H31NO11/c1-13(2)8-9-31-22(28)32-14(3)12-23-16(19(24)25)10-15-6-7-17(33-20(26)29-4)18(11-15)34-21(27)30-5/h6-7,11,13-14,16,23H,8-10,12H2,1-5H3,(H,24,25)/t14?,16-/m0/s1. The van der Waals surface area contributed by atoms with Gasteiger partial charge in [-0.1, -0.05) is 19.9 Å². The highest BCUT2D eigenvalue weighted by molar-refractivity contribution is 5.74. The first kappa shape index (κ1) is 28.5. The van der Waals surface area contributed by atoms with Crippen LogP contribution in [0.5, 0.6) is 11.5 Å². The average Bonchev–Trinajstić information content (AvgIpc) is 2.77. The number of benzene rings is 1. The molecule has 0 spiro atoms. The van der Waals surface area contributed by atoms with Crippen molar-refractivity contribution >= 4 is 24.4 Å². The molecular formula is C22H31NO11. The smallest absolute Gasteiger partial charge is 0.480 e. The van der Waals surface area contributed by atoms with Gasteiger partial charge in [0.2, 0.25) is 0 Å². The van der Waals surface area contributed by atoms with Crippen LogP contribution in [-0.4, -0.2) is 69.1 Å². The summed E-state index contributed by atoms with van der Waals surface area (Å²) in [4.78, 5) is 46.3. The van der Waals surface area contributed by atoms with Crippen molar-refractivity contribution in [2.45, 2.75) is 45.8 Å². The molecule has 0 saturated carbocycles. The summed E-state index contributed by atoms with van der Waals surface area (Å²) in [5.74, 6) is -1.07. The molecule has 0 aromatic heterocycles. The van der Waals surface area contributed by atoms with Crippen molar-refractivity contribution in [1.29, 1.82) is 0 Å². The molecule has 34 heavy (non-hydrogen) atoms. The molecule has 1 unspecified atom stereocenters. The fourth-order valence-electron chi connectivity index (χ4n) is 2.52. The molecule has 0 aliphatic carbocycles. The summed E-state index contributed by atoms with van der Waals surface area (Å²) in [5.41, 5.74) is 0.442. The summed E-state index contributed by atoms with van der Waals surface area (Å²) >= 11 is 0. The molecule has 2 atom stereocenters. The van der Waals surface area contributed by atoms with Crippen LogP contribution in [0.3, 0.4) is 0 Å². The van der Waals surface area contributed by atoms with Crippen molar-refractivity contribution in [3.05, 3.63) is 23.8 Å². The first-order valence-corrected chi connectivity index (χ1v) is 10.5. The highest BCUT2D eigenvalue weighted by Gasteiger charge is 2.22. The maximum absolute atomic E-state index is 11.7. The van der Waals surface area contributed by atoms with Gasteiger partial charge in [-0.3, -0.25) is 4.79 Å². The second-order valence-corrected chi connectivity index (χ2v) is 7.61. The number of rotatable bonds is 12. The maximum atomic E-state index is 11.7. The van der Waals surface area contributed by atoms with Crippen molar-refractivity contribution in [3.63, 3.8) is 0 Å². The van der Waals surface area contributed by atoms with Crippen LogP contribution in [0, 0.1) is 5.92 Å². The summed E-state index contributed by atoms with van der Waals surface area (Å²) in [6, 6.07) is 3.08. The zero-order valence-corrected chi connectivity index (χ0v) is 19.8. The number of methoxy groups -OCH3 is 2. The van der Waals surface area contributed by atoms with Gasteiger partial charge in [0.15, 0.2) is 11.5 Å². The summed E-state index contributed by atoms with van der Waals surface area (Å²) < 4.78 is 28.8. The Labute approximate surface area is 197 Å². The zero-order valence-electron chi connectivity index (χ0n) is 19.8. The minimum atomic E-state index is -1.16. The van der Waals surface area contributed by atoms with Crippen molar-refractivity contribution in [1.82, 2.24) is 5.32 Å². The van der Waals surface area contributed by atoms with Gasteiger partial charge in [0.25, 0.3) is 0 Å². The van der Waals surface area contributed by atoms with Crippen LogP contribution in [0.15, 0.2) is 18.2 Å². The van der Waals surface area contributed by atoms with E-state index in [-0.39, 0.29) is 31.1 Å². The summed E-state index contributed by atoms with van der Waals surface area (Å²) in [7, 11) is 2.21. The molecule has 0 radical (unpaired) electrons. The van der Waals surface area contributed by atoms with Gasteiger partial charge >= 0.3 is 24.4 Å². The molecule has 1 aromatic rings. The number of ether oxygens (including phenoxy) is 6. The SMILES string of the molecule is COC(=O)Oc1ccc(C[C@H](NCC(C)OC(=O)OCCC(C)C)C(=O)O)cc1OC(=O)OC. The minimum Gasteiger partial charge on any atom is -0.480 e. The van der Waals surface area contributed by atoms with Gasteiger partial charge in [-0.05, 0) is 43.4 Å². The van der Waals surface area contributed by atoms with Crippen LogP contribution in [0.25, 0.3) is 0 Å². The van der Waals surface area contributed by atoms with Crippen molar-refractivity contribution in [2.24, 2.45) is 5.92 Å². The number of carboxylic acid groups (broad SMARTS) is 1. The first-order valence-electron chi connectivity index (χ1n) is 10.5. The third kappa shape index (κ3) is 10.9. The molecule has 0 bridgehead atoms. The predicted octanol–water partition coefficient (Wildman–Crippen LogP) is 3.15. The molecule has 12 heteroatoms. The second kappa shape index (κ2) is 14.6. The molecule has 0 heterocycles. The van der Waals surface area contributed by atoms with Crippen LogP contribution in [0.1, 0.15) is 32.8 Å². The molecule has 12 nitrogen and oxygen atoms in total.